The molecule has 1 saturated carbocycles. The SMILES string of the molecule is C[C@@H]1CCCN(c2ccc(C(N)=O)cc2NC(=O)c2cnoc2C2CC2)C1. The van der Waals surface area contributed by atoms with E-state index in [0.717, 1.165) is 38.0 Å². The van der Waals surface area contributed by atoms with Crippen molar-refractivity contribution >= 4 is 23.2 Å². The van der Waals surface area contributed by atoms with Gasteiger partial charge in [-0.05, 0) is 49.8 Å². The zero-order valence-electron chi connectivity index (χ0n) is 15.4. The van der Waals surface area contributed by atoms with E-state index < -0.39 is 5.91 Å². The average Bonchev–Trinajstić information content (AvgIpc) is 3.37. The van der Waals surface area contributed by atoms with Crippen LogP contribution in [0.5, 0.6) is 0 Å². The van der Waals surface area contributed by atoms with Gasteiger partial charge in [-0.15, -0.1) is 0 Å². The van der Waals surface area contributed by atoms with Gasteiger partial charge in [0.25, 0.3) is 5.91 Å². The second kappa shape index (κ2) is 7.06. The molecular weight excluding hydrogens is 344 g/mol. The van der Waals surface area contributed by atoms with Crippen LogP contribution in [0.25, 0.3) is 0 Å². The molecule has 1 aliphatic carbocycles. The average molecular weight is 368 g/mol. The number of hydrogen-bond acceptors (Lipinski definition) is 5. The summed E-state index contributed by atoms with van der Waals surface area (Å²) in [4.78, 5) is 26.7. The van der Waals surface area contributed by atoms with Crippen LogP contribution in [-0.4, -0.2) is 30.1 Å². The smallest absolute Gasteiger partial charge is 0.260 e. The number of carbonyl (C=O) groups is 2. The lowest BCUT2D eigenvalue weighted by Gasteiger charge is -2.34. The van der Waals surface area contributed by atoms with Gasteiger partial charge in [0.05, 0.1) is 17.6 Å². The molecule has 2 amide bonds. The minimum absolute atomic E-state index is 0.272. The second-order valence-corrected chi connectivity index (χ2v) is 7.62. The number of hydrogen-bond donors (Lipinski definition) is 2. The number of nitrogens with one attached hydrogen (secondary N) is 1. The number of nitrogens with two attached hydrogens (primary N) is 1. The highest BCUT2D eigenvalue weighted by Gasteiger charge is 2.32. The van der Waals surface area contributed by atoms with Gasteiger partial charge < -0.3 is 20.5 Å². The zero-order valence-corrected chi connectivity index (χ0v) is 15.4. The van der Waals surface area contributed by atoms with Crippen LogP contribution in [0.4, 0.5) is 11.4 Å². The molecular formula is C20H24N4O3. The summed E-state index contributed by atoms with van der Waals surface area (Å²) in [5.74, 6) is 0.718. The summed E-state index contributed by atoms with van der Waals surface area (Å²) in [5, 5.41) is 6.75. The van der Waals surface area contributed by atoms with Crippen LogP contribution >= 0.6 is 0 Å². The molecule has 0 spiro atoms. The Bertz CT molecular complexity index is 872. The standard InChI is InChI=1S/C20H24N4O3/c1-12-3-2-8-24(11-12)17-7-6-14(19(21)25)9-16(17)23-20(26)15-10-22-27-18(15)13-4-5-13/h6-7,9-10,12-13H,2-5,8,11H2,1H3,(H2,21,25)(H,23,26)/t12-/m1/s1. The molecule has 7 nitrogen and oxygen atoms in total. The van der Waals surface area contributed by atoms with Crippen LogP contribution in [0.2, 0.25) is 0 Å². The molecule has 0 radical (unpaired) electrons. The van der Waals surface area contributed by atoms with Crippen LogP contribution in [0.1, 0.15) is 65.0 Å². The molecule has 2 aliphatic rings. The van der Waals surface area contributed by atoms with Gasteiger partial charge in [-0.3, -0.25) is 9.59 Å². The molecule has 1 atom stereocenters. The van der Waals surface area contributed by atoms with Crippen molar-refractivity contribution in [2.24, 2.45) is 11.7 Å². The maximum atomic E-state index is 12.9. The first-order valence-corrected chi connectivity index (χ1v) is 9.47. The maximum absolute atomic E-state index is 12.9. The van der Waals surface area contributed by atoms with Gasteiger partial charge in [-0.1, -0.05) is 12.1 Å². The molecule has 7 heteroatoms. The van der Waals surface area contributed by atoms with Crippen molar-refractivity contribution in [2.75, 3.05) is 23.3 Å². The number of rotatable bonds is 5. The van der Waals surface area contributed by atoms with Crippen molar-refractivity contribution in [1.82, 2.24) is 5.16 Å². The number of carbonyl (C=O) groups excluding carboxylic acids is 2. The van der Waals surface area contributed by atoms with Crippen molar-refractivity contribution in [3.05, 3.63) is 41.3 Å². The summed E-state index contributed by atoms with van der Waals surface area (Å²) < 4.78 is 5.27. The zero-order chi connectivity index (χ0) is 19.0. The molecule has 1 aromatic heterocycles. The first kappa shape index (κ1) is 17.6. The van der Waals surface area contributed by atoms with E-state index in [1.807, 2.05) is 6.07 Å². The molecule has 2 heterocycles. The van der Waals surface area contributed by atoms with Gasteiger partial charge in [0.2, 0.25) is 5.91 Å². The molecule has 142 valence electrons. The predicted molar refractivity (Wildman–Crippen MR) is 102 cm³/mol. The Balaban J connectivity index is 1.64. The summed E-state index contributed by atoms with van der Waals surface area (Å²) in [6.45, 7) is 4.06. The molecule has 1 aliphatic heterocycles. The van der Waals surface area contributed by atoms with E-state index in [0.29, 0.717) is 28.5 Å². The number of aromatic nitrogens is 1. The molecule has 0 unspecified atom stereocenters. The molecule has 2 aromatic rings. The number of primary amides is 1. The van der Waals surface area contributed by atoms with Crippen LogP contribution < -0.4 is 16.0 Å². The highest BCUT2D eigenvalue weighted by molar-refractivity contribution is 6.07. The Morgan fingerprint density at radius 3 is 2.81 bits per heavy atom. The van der Waals surface area contributed by atoms with Crippen molar-refractivity contribution in [1.29, 1.82) is 0 Å². The molecule has 1 aromatic carbocycles. The van der Waals surface area contributed by atoms with Crippen LogP contribution in [0.3, 0.4) is 0 Å². The molecule has 3 N–H and O–H groups in total. The minimum atomic E-state index is -0.521. The number of piperidine rings is 1. The third-order valence-electron chi connectivity index (χ3n) is 5.32. The lowest BCUT2D eigenvalue weighted by molar-refractivity contribution is 0.0996. The maximum Gasteiger partial charge on any atom is 0.260 e. The Hall–Kier alpha value is -2.83. The van der Waals surface area contributed by atoms with Gasteiger partial charge in [-0.25, -0.2) is 0 Å². The molecule has 1 saturated heterocycles. The highest BCUT2D eigenvalue weighted by Crippen LogP contribution is 2.42. The minimum Gasteiger partial charge on any atom is -0.370 e. The van der Waals surface area contributed by atoms with Crippen molar-refractivity contribution in [3.63, 3.8) is 0 Å². The first-order chi connectivity index (χ1) is 13.0. The van der Waals surface area contributed by atoms with E-state index >= 15 is 0 Å². The van der Waals surface area contributed by atoms with Gasteiger partial charge in [-0.2, -0.15) is 0 Å². The Kier molecular flexibility index (Phi) is 4.59. The lowest BCUT2D eigenvalue weighted by atomic mass is 9.99. The third kappa shape index (κ3) is 3.67. The molecule has 0 bridgehead atoms. The lowest BCUT2D eigenvalue weighted by Crippen LogP contribution is -2.35. The first-order valence-electron chi connectivity index (χ1n) is 9.47. The van der Waals surface area contributed by atoms with E-state index in [4.69, 9.17) is 10.3 Å². The normalized spacial score (nSPS) is 19.7. The van der Waals surface area contributed by atoms with Gasteiger partial charge in [0.1, 0.15) is 5.56 Å². The van der Waals surface area contributed by atoms with Crippen LogP contribution in [0, 0.1) is 5.92 Å². The molecule has 4 rings (SSSR count). The Labute approximate surface area is 157 Å². The monoisotopic (exact) mass is 368 g/mol. The summed E-state index contributed by atoms with van der Waals surface area (Å²) in [6, 6.07) is 5.23. The van der Waals surface area contributed by atoms with E-state index in [9.17, 15) is 9.59 Å². The number of nitrogens with zero attached hydrogens (tertiary/aromatic N) is 2. The second-order valence-electron chi connectivity index (χ2n) is 7.62. The van der Waals surface area contributed by atoms with E-state index in [1.165, 1.54) is 12.6 Å². The quantitative estimate of drug-likeness (QED) is 0.844. The Morgan fingerprint density at radius 1 is 1.30 bits per heavy atom. The van der Waals surface area contributed by atoms with Crippen molar-refractivity contribution < 1.29 is 14.1 Å². The van der Waals surface area contributed by atoms with Gasteiger partial charge >= 0.3 is 0 Å². The van der Waals surface area contributed by atoms with Gasteiger partial charge in [0, 0.05) is 24.6 Å². The highest BCUT2D eigenvalue weighted by atomic mass is 16.5. The summed E-state index contributed by atoms with van der Waals surface area (Å²) in [7, 11) is 0. The summed E-state index contributed by atoms with van der Waals surface area (Å²) in [6.07, 6.45) is 5.79. The fourth-order valence-corrected chi connectivity index (χ4v) is 3.72. The third-order valence-corrected chi connectivity index (χ3v) is 5.32. The fourth-order valence-electron chi connectivity index (χ4n) is 3.72. The fraction of sp³-hybridized carbons (Fsp3) is 0.450. The van der Waals surface area contributed by atoms with Crippen LogP contribution in [-0.2, 0) is 0 Å². The predicted octanol–water partition coefficient (Wildman–Crippen LogP) is 3.14. The van der Waals surface area contributed by atoms with Crippen molar-refractivity contribution in [2.45, 2.75) is 38.5 Å². The molecule has 2 fully saturated rings. The summed E-state index contributed by atoms with van der Waals surface area (Å²) >= 11 is 0. The van der Waals surface area contributed by atoms with Gasteiger partial charge in [0.15, 0.2) is 5.76 Å². The van der Waals surface area contributed by atoms with Crippen molar-refractivity contribution in [3.8, 4) is 0 Å². The van der Waals surface area contributed by atoms with E-state index in [-0.39, 0.29) is 11.8 Å². The number of benzene rings is 1. The molecule has 27 heavy (non-hydrogen) atoms. The summed E-state index contributed by atoms with van der Waals surface area (Å²) in [5.41, 5.74) is 7.76. The van der Waals surface area contributed by atoms with E-state index in [2.05, 4.69) is 22.3 Å². The largest absolute Gasteiger partial charge is 0.370 e. The van der Waals surface area contributed by atoms with Crippen LogP contribution in [0.15, 0.2) is 28.9 Å². The van der Waals surface area contributed by atoms with E-state index in [1.54, 1.807) is 12.1 Å². The Morgan fingerprint density at radius 2 is 2.11 bits per heavy atom. The topological polar surface area (TPSA) is 101 Å². The number of anilines is 2. The number of amides is 2.